The van der Waals surface area contributed by atoms with Crippen LogP contribution >= 0.6 is 0 Å². The molecule has 18 heavy (non-hydrogen) atoms. The lowest BCUT2D eigenvalue weighted by molar-refractivity contribution is 0.521. The molecule has 0 amide bonds. The highest BCUT2D eigenvalue weighted by Crippen LogP contribution is 2.23. The lowest BCUT2D eigenvalue weighted by Crippen LogP contribution is -2.25. The van der Waals surface area contributed by atoms with E-state index in [2.05, 4.69) is 10.3 Å². The first-order chi connectivity index (χ1) is 8.63. The Hall–Kier alpha value is -1.75. The van der Waals surface area contributed by atoms with Crippen molar-refractivity contribution in [3.63, 3.8) is 0 Å². The molecule has 1 aromatic carbocycles. The van der Waals surface area contributed by atoms with E-state index in [1.165, 1.54) is 12.1 Å². The minimum absolute atomic E-state index is 0.379. The molecule has 1 aromatic heterocycles. The molecule has 0 aliphatic rings. The monoisotopic (exact) mass is 251 g/mol. The Morgan fingerprint density at radius 3 is 2.72 bits per heavy atom. The first kappa shape index (κ1) is 12.7. The van der Waals surface area contributed by atoms with Crippen molar-refractivity contribution in [3.8, 4) is 0 Å². The molecular weight excluding hydrogens is 236 g/mol. The number of imidazole rings is 1. The van der Waals surface area contributed by atoms with Crippen molar-refractivity contribution in [2.75, 3.05) is 6.54 Å². The van der Waals surface area contributed by atoms with Crippen molar-refractivity contribution in [3.05, 3.63) is 53.6 Å². The molecule has 0 aliphatic carbocycles. The summed E-state index contributed by atoms with van der Waals surface area (Å²) in [5.41, 5.74) is 0.396. The van der Waals surface area contributed by atoms with E-state index in [-0.39, 0.29) is 6.04 Å². The van der Waals surface area contributed by atoms with E-state index in [4.69, 9.17) is 0 Å². The molecule has 0 saturated carbocycles. The van der Waals surface area contributed by atoms with Gasteiger partial charge < -0.3 is 9.88 Å². The summed E-state index contributed by atoms with van der Waals surface area (Å²) in [6.45, 7) is 2.59. The summed E-state index contributed by atoms with van der Waals surface area (Å²) < 4.78 is 28.6. The number of rotatable bonds is 4. The fraction of sp³-hybridized carbons (Fsp3) is 0.308. The normalized spacial score (nSPS) is 12.7. The number of aromatic nitrogens is 2. The Morgan fingerprint density at radius 2 is 2.17 bits per heavy atom. The van der Waals surface area contributed by atoms with E-state index >= 15 is 0 Å². The molecule has 2 aromatic rings. The molecule has 0 spiro atoms. The maximum Gasteiger partial charge on any atom is 0.131 e. The molecule has 1 atom stereocenters. The van der Waals surface area contributed by atoms with Gasteiger partial charge in [-0.1, -0.05) is 13.0 Å². The maximum absolute atomic E-state index is 13.8. The highest BCUT2D eigenvalue weighted by Gasteiger charge is 2.20. The van der Waals surface area contributed by atoms with E-state index in [0.717, 1.165) is 6.07 Å². The van der Waals surface area contributed by atoms with Crippen LogP contribution in [0.4, 0.5) is 8.78 Å². The number of hydrogen-bond acceptors (Lipinski definition) is 2. The summed E-state index contributed by atoms with van der Waals surface area (Å²) in [5.74, 6) is -0.447. The Bertz CT molecular complexity index is 537. The van der Waals surface area contributed by atoms with Crippen LogP contribution in [0.25, 0.3) is 0 Å². The van der Waals surface area contributed by atoms with Crippen LogP contribution in [0.15, 0.2) is 30.6 Å². The Morgan fingerprint density at radius 1 is 1.39 bits per heavy atom. The Balaban J connectivity index is 2.45. The molecule has 0 radical (unpaired) electrons. The molecule has 2 rings (SSSR count). The van der Waals surface area contributed by atoms with Crippen LogP contribution < -0.4 is 5.32 Å². The van der Waals surface area contributed by atoms with Crippen molar-refractivity contribution >= 4 is 0 Å². The number of benzene rings is 1. The third-order valence-corrected chi connectivity index (χ3v) is 2.80. The van der Waals surface area contributed by atoms with Crippen LogP contribution in [0.1, 0.15) is 24.4 Å². The molecule has 1 heterocycles. The highest BCUT2D eigenvalue weighted by atomic mass is 19.1. The van der Waals surface area contributed by atoms with Crippen LogP contribution in [-0.4, -0.2) is 16.1 Å². The van der Waals surface area contributed by atoms with Gasteiger partial charge in [0.1, 0.15) is 17.5 Å². The quantitative estimate of drug-likeness (QED) is 0.904. The fourth-order valence-electron chi connectivity index (χ4n) is 1.94. The SMILES string of the molecule is CCNC(c1ccc(F)cc1F)c1nccn1C. The number of aryl methyl sites for hydroxylation is 1. The number of halogens is 2. The van der Waals surface area contributed by atoms with Crippen LogP contribution in [0.3, 0.4) is 0 Å². The molecule has 0 bridgehead atoms. The van der Waals surface area contributed by atoms with Crippen LogP contribution in [0.2, 0.25) is 0 Å². The number of nitrogens with one attached hydrogen (secondary N) is 1. The van der Waals surface area contributed by atoms with Crippen molar-refractivity contribution in [1.82, 2.24) is 14.9 Å². The van der Waals surface area contributed by atoms with Crippen molar-refractivity contribution in [2.24, 2.45) is 7.05 Å². The minimum Gasteiger partial charge on any atom is -0.336 e. The zero-order valence-corrected chi connectivity index (χ0v) is 10.3. The lowest BCUT2D eigenvalue weighted by Gasteiger charge is -2.18. The minimum atomic E-state index is -0.577. The summed E-state index contributed by atoms with van der Waals surface area (Å²) in [6.07, 6.45) is 3.45. The van der Waals surface area contributed by atoms with E-state index in [1.807, 2.05) is 18.5 Å². The van der Waals surface area contributed by atoms with Crippen molar-refractivity contribution in [2.45, 2.75) is 13.0 Å². The first-order valence-electron chi connectivity index (χ1n) is 5.79. The Labute approximate surface area is 104 Å². The van der Waals surface area contributed by atoms with E-state index in [1.54, 1.807) is 12.4 Å². The molecule has 0 fully saturated rings. The fourth-order valence-corrected chi connectivity index (χ4v) is 1.94. The van der Waals surface area contributed by atoms with Gasteiger partial charge in [0.15, 0.2) is 0 Å². The van der Waals surface area contributed by atoms with Gasteiger partial charge in [-0.15, -0.1) is 0 Å². The van der Waals surface area contributed by atoms with Gasteiger partial charge >= 0.3 is 0 Å². The van der Waals surface area contributed by atoms with Gasteiger partial charge in [0.2, 0.25) is 0 Å². The topological polar surface area (TPSA) is 29.9 Å². The molecule has 0 saturated heterocycles. The molecule has 1 N–H and O–H groups in total. The first-order valence-corrected chi connectivity index (χ1v) is 5.79. The van der Waals surface area contributed by atoms with Crippen LogP contribution in [0.5, 0.6) is 0 Å². The molecule has 96 valence electrons. The molecule has 1 unspecified atom stereocenters. The van der Waals surface area contributed by atoms with Gasteiger partial charge in [-0.25, -0.2) is 13.8 Å². The van der Waals surface area contributed by atoms with Gasteiger partial charge in [-0.3, -0.25) is 0 Å². The second-order valence-electron chi connectivity index (χ2n) is 4.05. The second-order valence-corrected chi connectivity index (χ2v) is 4.05. The maximum atomic E-state index is 13.8. The summed E-state index contributed by atoms with van der Waals surface area (Å²) in [6, 6.07) is 3.22. The van der Waals surface area contributed by atoms with Gasteiger partial charge in [0, 0.05) is 31.1 Å². The standard InChI is InChI=1S/C13H15F2N3/c1-3-16-12(13-17-6-7-18(13)2)10-5-4-9(14)8-11(10)15/h4-8,12,16H,3H2,1-2H3. The zero-order valence-electron chi connectivity index (χ0n) is 10.3. The average molecular weight is 251 g/mol. The molecule has 5 heteroatoms. The summed E-state index contributed by atoms with van der Waals surface area (Å²) in [7, 11) is 1.84. The van der Waals surface area contributed by atoms with E-state index in [0.29, 0.717) is 17.9 Å². The average Bonchev–Trinajstić information content (AvgIpc) is 2.73. The van der Waals surface area contributed by atoms with Crippen LogP contribution in [-0.2, 0) is 7.05 Å². The number of nitrogens with zero attached hydrogens (tertiary/aromatic N) is 2. The predicted molar refractivity (Wildman–Crippen MR) is 65.1 cm³/mol. The zero-order chi connectivity index (χ0) is 13.1. The van der Waals surface area contributed by atoms with E-state index < -0.39 is 11.6 Å². The third kappa shape index (κ3) is 2.41. The van der Waals surface area contributed by atoms with Gasteiger partial charge in [-0.2, -0.15) is 0 Å². The second kappa shape index (κ2) is 5.27. The van der Waals surface area contributed by atoms with Gasteiger partial charge in [0.25, 0.3) is 0 Å². The smallest absolute Gasteiger partial charge is 0.131 e. The molecular formula is C13H15F2N3. The summed E-state index contributed by atoms with van der Waals surface area (Å²) in [4.78, 5) is 4.21. The molecule has 3 nitrogen and oxygen atoms in total. The van der Waals surface area contributed by atoms with E-state index in [9.17, 15) is 8.78 Å². The lowest BCUT2D eigenvalue weighted by atomic mass is 10.1. The van der Waals surface area contributed by atoms with Gasteiger partial charge in [0.05, 0.1) is 6.04 Å². The summed E-state index contributed by atoms with van der Waals surface area (Å²) >= 11 is 0. The van der Waals surface area contributed by atoms with Crippen molar-refractivity contribution in [1.29, 1.82) is 0 Å². The Kier molecular flexibility index (Phi) is 3.72. The number of hydrogen-bond donors (Lipinski definition) is 1. The predicted octanol–water partition coefficient (Wildman–Crippen LogP) is 2.40. The summed E-state index contributed by atoms with van der Waals surface area (Å²) in [5, 5.41) is 3.16. The third-order valence-electron chi connectivity index (χ3n) is 2.80. The molecule has 0 aliphatic heterocycles. The largest absolute Gasteiger partial charge is 0.336 e. The van der Waals surface area contributed by atoms with Crippen LogP contribution in [0, 0.1) is 11.6 Å². The van der Waals surface area contributed by atoms with Crippen molar-refractivity contribution < 1.29 is 8.78 Å². The highest BCUT2D eigenvalue weighted by molar-refractivity contribution is 5.27. The van der Waals surface area contributed by atoms with Gasteiger partial charge in [-0.05, 0) is 12.6 Å².